The van der Waals surface area contributed by atoms with Crippen LogP contribution in [0.25, 0.3) is 11.1 Å². The second-order valence-corrected chi connectivity index (χ2v) is 21.7. The number of pyridine rings is 3. The summed E-state index contributed by atoms with van der Waals surface area (Å²) in [4.78, 5) is 86.2. The van der Waals surface area contributed by atoms with Gasteiger partial charge in [-0.05, 0) is 115 Å². The Morgan fingerprint density at radius 3 is 2.48 bits per heavy atom. The number of piperazine rings is 1. The van der Waals surface area contributed by atoms with E-state index in [1.165, 1.54) is 27.0 Å². The van der Waals surface area contributed by atoms with E-state index in [9.17, 15) is 29.1 Å². The number of imide groups is 1. The highest BCUT2D eigenvalue weighted by Gasteiger charge is 2.44. The maximum Gasteiger partial charge on any atom is 0.276 e. The summed E-state index contributed by atoms with van der Waals surface area (Å²) in [5.41, 5.74) is 10.6. The van der Waals surface area contributed by atoms with Gasteiger partial charge >= 0.3 is 0 Å². The fourth-order valence-corrected chi connectivity index (χ4v) is 13.1. The highest BCUT2D eigenvalue weighted by atomic mass is 16.3. The molecule has 4 aromatic heterocycles. The average Bonchev–Trinajstić information content (AvgIpc) is 3.98. The van der Waals surface area contributed by atoms with Crippen LogP contribution in [0.15, 0.2) is 65.8 Å². The molecule has 71 heavy (non-hydrogen) atoms. The number of aryl methyl sites for hydroxylation is 1. The molecule has 12 rings (SSSR count). The van der Waals surface area contributed by atoms with E-state index in [2.05, 4.69) is 67.8 Å². The highest BCUT2D eigenvalue weighted by molar-refractivity contribution is 6.07. The molecule has 3 fully saturated rings. The van der Waals surface area contributed by atoms with E-state index < -0.39 is 6.04 Å². The first-order chi connectivity index (χ1) is 34.2. The smallest absolute Gasteiger partial charge is 0.276 e. The Labute approximate surface area is 412 Å². The first kappa shape index (κ1) is 45.4. The zero-order chi connectivity index (χ0) is 49.0. The molecule has 0 spiro atoms. The number of fused-ring (bicyclic) bond motifs is 7. The van der Waals surface area contributed by atoms with Gasteiger partial charge in [-0.2, -0.15) is 0 Å². The molecule has 10 heterocycles. The van der Waals surface area contributed by atoms with E-state index >= 15 is 0 Å². The summed E-state index contributed by atoms with van der Waals surface area (Å²) in [6.45, 7) is 12.6. The van der Waals surface area contributed by atoms with Gasteiger partial charge in [0.1, 0.15) is 29.1 Å². The molecule has 1 aromatic carbocycles. The number of benzene rings is 1. The number of aromatic nitrogens is 4. The Balaban J connectivity index is 0.698. The lowest BCUT2D eigenvalue weighted by Gasteiger charge is -2.49. The van der Waals surface area contributed by atoms with Crippen molar-refractivity contribution >= 4 is 46.6 Å². The fourth-order valence-electron chi connectivity index (χ4n) is 13.1. The predicted molar refractivity (Wildman–Crippen MR) is 267 cm³/mol. The molecule has 6 aliphatic heterocycles. The molecular weight excluding hydrogens is 899 g/mol. The van der Waals surface area contributed by atoms with Crippen molar-refractivity contribution in [3.8, 4) is 11.1 Å². The second kappa shape index (κ2) is 17.3. The summed E-state index contributed by atoms with van der Waals surface area (Å²) in [6.07, 6.45) is 10.8. The van der Waals surface area contributed by atoms with Crippen LogP contribution in [0.1, 0.15) is 101 Å². The highest BCUT2D eigenvalue weighted by Crippen LogP contribution is 2.42. The van der Waals surface area contributed by atoms with E-state index in [0.29, 0.717) is 83.4 Å². The number of aliphatic hydroxyl groups is 1. The van der Waals surface area contributed by atoms with Crippen LogP contribution in [0.5, 0.6) is 0 Å². The lowest BCUT2D eigenvalue weighted by atomic mass is 9.83. The van der Waals surface area contributed by atoms with Crippen LogP contribution in [0, 0.1) is 5.41 Å². The number of aliphatic hydroxyl groups excluding tert-OH is 1. The minimum absolute atomic E-state index is 0.115. The summed E-state index contributed by atoms with van der Waals surface area (Å²) in [6, 6.07) is 14.1. The molecule has 0 radical (unpaired) electrons. The summed E-state index contributed by atoms with van der Waals surface area (Å²) < 4.78 is 3.68. The van der Waals surface area contributed by atoms with Gasteiger partial charge in [-0.15, -0.1) is 0 Å². The van der Waals surface area contributed by atoms with Crippen molar-refractivity contribution < 1.29 is 24.3 Å². The number of hydrogen-bond donors (Lipinski definition) is 3. The van der Waals surface area contributed by atoms with Crippen molar-refractivity contribution in [2.75, 3.05) is 47.8 Å². The van der Waals surface area contributed by atoms with Gasteiger partial charge in [0.2, 0.25) is 11.8 Å². The van der Waals surface area contributed by atoms with Gasteiger partial charge in [0.25, 0.3) is 17.4 Å². The summed E-state index contributed by atoms with van der Waals surface area (Å²) >= 11 is 0. The first-order valence-corrected chi connectivity index (χ1v) is 25.3. The molecule has 5 aromatic rings. The van der Waals surface area contributed by atoms with E-state index in [1.54, 1.807) is 35.3 Å². The van der Waals surface area contributed by atoms with Crippen molar-refractivity contribution in [1.29, 1.82) is 0 Å². The third-order valence-electron chi connectivity index (χ3n) is 16.6. The molecular formula is C54H61N11O6. The van der Waals surface area contributed by atoms with E-state index in [4.69, 9.17) is 4.98 Å². The number of hydrogen-bond acceptors (Lipinski definition) is 12. The predicted octanol–water partition coefficient (Wildman–Crippen LogP) is 4.53. The molecule has 3 saturated heterocycles. The minimum atomic E-state index is -0.618. The lowest BCUT2D eigenvalue weighted by molar-refractivity contribution is -0.136. The maximum atomic E-state index is 14.0. The molecule has 17 nitrogen and oxygen atoms in total. The molecule has 3 N–H and O–H groups in total. The van der Waals surface area contributed by atoms with Crippen molar-refractivity contribution in [2.24, 2.45) is 12.5 Å². The van der Waals surface area contributed by atoms with E-state index in [-0.39, 0.29) is 53.7 Å². The molecule has 4 atom stereocenters. The molecule has 0 bridgehead atoms. The zero-order valence-electron chi connectivity index (χ0n) is 40.9. The Hall–Kier alpha value is -6.69. The Kier molecular flexibility index (Phi) is 11.1. The summed E-state index contributed by atoms with van der Waals surface area (Å²) in [7, 11) is 1.70. The van der Waals surface area contributed by atoms with Gasteiger partial charge < -0.3 is 29.4 Å². The Morgan fingerprint density at radius 1 is 0.831 bits per heavy atom. The normalized spacial score (nSPS) is 24.1. The standard InChI is InChI=1S/C54H61N11O6/c1-31-26-61(35-12-14-60-28-32-5-7-39-41(40(32)22-37(60)21-35)29-65(51(39)69)44-8-10-48(67)58-50(44)68)15-16-62(31)36-6-9-47(56-25-36)57-43-19-34(27-59(4)52(43)70)38-11-13-55-49(42(38)30-66)64-18-17-63-45(53(64)71)20-33-23-54(2,3)24-46(33)63/h5-7,9,11,13,19-20,25,27,31,35,37,44,66H,8,10,12,14-18,21-24,26,28-30H2,1-4H3,(H,56,57)(H,58,67,68)/t31-,35-,37+,44?/m0/s1. The number of rotatable bonds is 8. The lowest BCUT2D eigenvalue weighted by Crippen LogP contribution is -2.58. The number of amides is 4. The van der Waals surface area contributed by atoms with Gasteiger partial charge in [0.15, 0.2) is 0 Å². The van der Waals surface area contributed by atoms with Gasteiger partial charge in [0, 0.05) is 119 Å². The fraction of sp³-hybridized carbons (Fsp3) is 0.463. The Morgan fingerprint density at radius 2 is 1.69 bits per heavy atom. The van der Waals surface area contributed by atoms with Crippen LogP contribution in [0.4, 0.5) is 23.0 Å². The molecule has 17 heteroatoms. The van der Waals surface area contributed by atoms with Crippen molar-refractivity contribution in [2.45, 2.75) is 116 Å². The number of piperidine rings is 2. The first-order valence-electron chi connectivity index (χ1n) is 25.3. The van der Waals surface area contributed by atoms with Gasteiger partial charge in [-0.25, -0.2) is 9.97 Å². The van der Waals surface area contributed by atoms with Gasteiger partial charge in [0.05, 0.1) is 18.5 Å². The minimum Gasteiger partial charge on any atom is -0.392 e. The Bertz CT molecular complexity index is 3110. The van der Waals surface area contributed by atoms with Gasteiger partial charge in [-0.1, -0.05) is 19.9 Å². The molecule has 368 valence electrons. The quantitative estimate of drug-likeness (QED) is 0.185. The number of nitrogens with zero attached hydrogens (tertiary/aromatic N) is 9. The zero-order valence-corrected chi connectivity index (χ0v) is 40.9. The van der Waals surface area contributed by atoms with Crippen LogP contribution in [0.2, 0.25) is 0 Å². The van der Waals surface area contributed by atoms with Crippen LogP contribution < -0.4 is 26.0 Å². The van der Waals surface area contributed by atoms with Crippen molar-refractivity contribution in [1.82, 2.24) is 39.1 Å². The van der Waals surface area contributed by atoms with Crippen LogP contribution in [-0.2, 0) is 62.1 Å². The number of carbonyl (C=O) groups is 4. The second-order valence-electron chi connectivity index (χ2n) is 21.7. The SMILES string of the molecule is C[C@H]1CN([C@H]2CCN3Cc4ccc5c(c4C[C@H]3C2)CN(C2CCC(=O)NC2=O)C5=O)CCN1c1ccc(Nc2cc(-c3ccnc(N4CCn5c(cc6c5CC(C)(C)C6)C4=O)c3CO)cn(C)c2=O)nc1. The van der Waals surface area contributed by atoms with E-state index in [1.807, 2.05) is 30.5 Å². The number of anilines is 4. The van der Waals surface area contributed by atoms with Crippen molar-refractivity contribution in [3.05, 3.63) is 116 Å². The third kappa shape index (κ3) is 7.83. The number of carbonyl (C=O) groups excluding carboxylic acids is 4. The molecule has 7 aliphatic rings. The average molecular weight is 960 g/mol. The van der Waals surface area contributed by atoms with Crippen LogP contribution in [-0.4, -0.2) is 119 Å². The van der Waals surface area contributed by atoms with Crippen molar-refractivity contribution in [3.63, 3.8) is 0 Å². The number of nitrogens with one attached hydrogen (secondary N) is 2. The summed E-state index contributed by atoms with van der Waals surface area (Å²) in [5, 5.41) is 16.5. The molecule has 0 saturated carbocycles. The monoisotopic (exact) mass is 959 g/mol. The maximum absolute atomic E-state index is 14.0. The van der Waals surface area contributed by atoms with Gasteiger partial charge in [-0.3, -0.25) is 44.0 Å². The topological polar surface area (TPSA) is 181 Å². The molecule has 1 aliphatic carbocycles. The van der Waals surface area contributed by atoms with Crippen LogP contribution >= 0.6 is 0 Å². The van der Waals surface area contributed by atoms with Crippen LogP contribution in [0.3, 0.4) is 0 Å². The summed E-state index contributed by atoms with van der Waals surface area (Å²) in [5.74, 6) is 0.0516. The third-order valence-corrected chi connectivity index (χ3v) is 16.6. The van der Waals surface area contributed by atoms with E-state index in [0.717, 1.165) is 76.1 Å². The molecule has 4 amide bonds. The largest absolute Gasteiger partial charge is 0.392 e. The molecule has 1 unspecified atom stereocenters.